The van der Waals surface area contributed by atoms with E-state index in [1.807, 2.05) is 18.2 Å². The Kier molecular flexibility index (Phi) is 5.70. The summed E-state index contributed by atoms with van der Waals surface area (Å²) in [5, 5.41) is 22.8. The van der Waals surface area contributed by atoms with E-state index in [1.165, 1.54) is 0 Å². The Bertz CT molecular complexity index is 1820. The molecule has 10 nitrogen and oxygen atoms in total. The number of aliphatic hydroxyl groups is 1. The minimum atomic E-state index is -0.294. The fraction of sp³-hybridized carbons (Fsp3) is 0.0714. The maximum atomic E-state index is 13.0. The molecule has 6 aromatic rings. The number of aliphatic hydroxyl groups excluding tert-OH is 1. The molecule has 0 aliphatic rings. The second-order valence-corrected chi connectivity index (χ2v) is 8.64. The van der Waals surface area contributed by atoms with Gasteiger partial charge in [-0.3, -0.25) is 4.79 Å². The van der Waals surface area contributed by atoms with Gasteiger partial charge in [0.25, 0.3) is 5.91 Å². The highest BCUT2D eigenvalue weighted by molar-refractivity contribution is 6.06. The summed E-state index contributed by atoms with van der Waals surface area (Å²) in [6.45, 7) is -0.192. The van der Waals surface area contributed by atoms with Crippen molar-refractivity contribution in [3.05, 3.63) is 84.3 Å². The van der Waals surface area contributed by atoms with Crippen molar-refractivity contribution < 1.29 is 19.7 Å². The molecule has 0 saturated heterocycles. The van der Waals surface area contributed by atoms with Crippen molar-refractivity contribution in [3.63, 3.8) is 0 Å². The van der Waals surface area contributed by atoms with E-state index >= 15 is 0 Å². The normalized spacial score (nSPS) is 11.2. The highest BCUT2D eigenvalue weighted by atomic mass is 16.5. The molecule has 3 heterocycles. The molecule has 0 aliphatic heterocycles. The van der Waals surface area contributed by atoms with Crippen molar-refractivity contribution >= 4 is 33.7 Å². The van der Waals surface area contributed by atoms with Gasteiger partial charge in [-0.25, -0.2) is 15.0 Å². The van der Waals surface area contributed by atoms with Gasteiger partial charge in [-0.1, -0.05) is 6.07 Å². The summed E-state index contributed by atoms with van der Waals surface area (Å²) < 4.78 is 5.38. The average Bonchev–Trinajstić information content (AvgIpc) is 3.56. The lowest BCUT2D eigenvalue weighted by atomic mass is 10.0. The summed E-state index contributed by atoms with van der Waals surface area (Å²) in [5.41, 5.74) is 5.84. The van der Waals surface area contributed by atoms with Gasteiger partial charge in [0, 0.05) is 23.0 Å². The number of fused-ring (bicyclic) bond motifs is 2. The Morgan fingerprint density at radius 1 is 0.947 bits per heavy atom. The van der Waals surface area contributed by atoms with Crippen molar-refractivity contribution in [3.8, 4) is 34.1 Å². The van der Waals surface area contributed by atoms with E-state index in [4.69, 9.17) is 4.74 Å². The van der Waals surface area contributed by atoms with E-state index in [2.05, 4.69) is 30.2 Å². The number of ether oxygens (including phenoxy) is 1. The van der Waals surface area contributed by atoms with E-state index in [0.29, 0.717) is 56.4 Å². The molecular formula is C28H22N6O4. The predicted octanol–water partition coefficient (Wildman–Crippen LogP) is 4.63. The molecule has 3 aromatic carbocycles. The van der Waals surface area contributed by atoms with Gasteiger partial charge in [0.1, 0.15) is 24.0 Å². The summed E-state index contributed by atoms with van der Waals surface area (Å²) in [5.74, 6) is 1.17. The van der Waals surface area contributed by atoms with Crippen molar-refractivity contribution in [1.82, 2.24) is 24.9 Å². The quantitative estimate of drug-likeness (QED) is 0.221. The Hall–Kier alpha value is -5.22. The molecule has 188 valence electrons. The number of anilines is 1. The molecule has 0 radical (unpaired) electrons. The van der Waals surface area contributed by atoms with Gasteiger partial charge in [0.2, 0.25) is 5.88 Å². The first kappa shape index (κ1) is 23.2. The summed E-state index contributed by atoms with van der Waals surface area (Å²) in [6.07, 6.45) is 1.65. The number of methoxy groups -OCH3 is 1. The zero-order valence-corrected chi connectivity index (χ0v) is 20.2. The summed E-state index contributed by atoms with van der Waals surface area (Å²) in [4.78, 5) is 32.3. The standard InChI is InChI=1S/C28H22N6O4/c1-38-28-18(3-2-10-29-28)15-5-9-24(36)19(11-15)26-33-21-7-4-16(12-22(21)34-26)27(37)30-17-6-8-20-23(13-17)32-25(14-35)31-20/h2-13,35-36H,14H2,1H3,(H,30,37)(H,31,32)(H,33,34). The van der Waals surface area contributed by atoms with Crippen molar-refractivity contribution in [2.75, 3.05) is 12.4 Å². The van der Waals surface area contributed by atoms with Gasteiger partial charge in [-0.05, 0) is 66.2 Å². The topological polar surface area (TPSA) is 149 Å². The number of carbonyl (C=O) groups is 1. The van der Waals surface area contributed by atoms with Gasteiger partial charge in [0.15, 0.2) is 0 Å². The van der Waals surface area contributed by atoms with Crippen LogP contribution in [0.4, 0.5) is 5.69 Å². The Morgan fingerprint density at radius 2 is 1.76 bits per heavy atom. The largest absolute Gasteiger partial charge is 0.507 e. The van der Waals surface area contributed by atoms with E-state index in [-0.39, 0.29) is 18.3 Å². The maximum Gasteiger partial charge on any atom is 0.255 e. The molecule has 3 aromatic heterocycles. The zero-order valence-electron chi connectivity index (χ0n) is 20.2. The van der Waals surface area contributed by atoms with E-state index in [0.717, 1.165) is 11.1 Å². The fourth-order valence-electron chi connectivity index (χ4n) is 4.36. The second-order valence-electron chi connectivity index (χ2n) is 8.64. The molecule has 0 unspecified atom stereocenters. The number of carbonyl (C=O) groups excluding carboxylic acids is 1. The molecule has 0 bridgehead atoms. The highest BCUT2D eigenvalue weighted by Crippen LogP contribution is 2.35. The molecule has 0 aliphatic carbocycles. The Balaban J connectivity index is 1.30. The number of pyridine rings is 1. The number of nitrogens with one attached hydrogen (secondary N) is 3. The number of H-pyrrole nitrogens is 2. The van der Waals surface area contributed by atoms with Gasteiger partial charge in [0.05, 0.1) is 34.7 Å². The molecule has 0 atom stereocenters. The van der Waals surface area contributed by atoms with E-state index in [9.17, 15) is 15.0 Å². The van der Waals surface area contributed by atoms with Crippen LogP contribution < -0.4 is 10.1 Å². The van der Waals surface area contributed by atoms with Gasteiger partial charge >= 0.3 is 0 Å². The lowest BCUT2D eigenvalue weighted by Crippen LogP contribution is -2.11. The van der Waals surface area contributed by atoms with Crippen LogP contribution in [0.15, 0.2) is 72.9 Å². The smallest absolute Gasteiger partial charge is 0.255 e. The first-order valence-corrected chi connectivity index (χ1v) is 11.8. The van der Waals surface area contributed by atoms with Crippen molar-refractivity contribution in [2.24, 2.45) is 0 Å². The van der Waals surface area contributed by atoms with Crippen LogP contribution in [0.2, 0.25) is 0 Å². The van der Waals surface area contributed by atoms with Crippen molar-refractivity contribution in [2.45, 2.75) is 6.61 Å². The molecule has 5 N–H and O–H groups in total. The van der Waals surface area contributed by atoms with E-state index in [1.54, 1.807) is 61.8 Å². The van der Waals surface area contributed by atoms with Crippen LogP contribution in [0.3, 0.4) is 0 Å². The Labute approximate surface area is 216 Å². The summed E-state index contributed by atoms with van der Waals surface area (Å²) in [6, 6.07) is 19.3. The first-order valence-electron chi connectivity index (χ1n) is 11.8. The Morgan fingerprint density at radius 3 is 2.61 bits per heavy atom. The van der Waals surface area contributed by atoms with Gasteiger partial charge < -0.3 is 30.2 Å². The van der Waals surface area contributed by atoms with Crippen LogP contribution in [0.25, 0.3) is 44.6 Å². The lowest BCUT2D eigenvalue weighted by molar-refractivity contribution is 0.102. The van der Waals surface area contributed by atoms with Crippen LogP contribution in [0, 0.1) is 0 Å². The average molecular weight is 507 g/mol. The second kappa shape index (κ2) is 9.34. The number of nitrogens with zero attached hydrogens (tertiary/aromatic N) is 3. The molecular weight excluding hydrogens is 484 g/mol. The number of imidazole rings is 2. The maximum absolute atomic E-state index is 13.0. The van der Waals surface area contributed by atoms with Gasteiger partial charge in [-0.15, -0.1) is 0 Å². The van der Waals surface area contributed by atoms with Gasteiger partial charge in [-0.2, -0.15) is 0 Å². The molecule has 1 amide bonds. The van der Waals surface area contributed by atoms with E-state index < -0.39 is 0 Å². The number of aromatic nitrogens is 5. The first-order chi connectivity index (χ1) is 18.5. The number of phenolic OH excluding ortho intramolecular Hbond substituents is 1. The van der Waals surface area contributed by atoms with Crippen LogP contribution in [0.5, 0.6) is 11.6 Å². The third-order valence-electron chi connectivity index (χ3n) is 6.21. The number of aromatic amines is 2. The number of hydrogen-bond acceptors (Lipinski definition) is 7. The molecule has 0 saturated carbocycles. The summed E-state index contributed by atoms with van der Waals surface area (Å²) >= 11 is 0. The predicted molar refractivity (Wildman–Crippen MR) is 143 cm³/mol. The van der Waals surface area contributed by atoms with Crippen LogP contribution >= 0.6 is 0 Å². The highest BCUT2D eigenvalue weighted by Gasteiger charge is 2.15. The minimum Gasteiger partial charge on any atom is -0.507 e. The SMILES string of the molecule is COc1ncccc1-c1ccc(O)c(-c2nc3ccc(C(=O)Nc4ccc5nc(CO)[nH]c5c4)cc3[nH]2)c1. The zero-order chi connectivity index (χ0) is 26.2. The number of aromatic hydroxyl groups is 1. The van der Waals surface area contributed by atoms with Crippen molar-refractivity contribution in [1.29, 1.82) is 0 Å². The minimum absolute atomic E-state index is 0.0622. The number of phenols is 1. The van der Waals surface area contributed by atoms with Crippen LogP contribution in [-0.2, 0) is 6.61 Å². The molecule has 10 heteroatoms. The number of benzene rings is 3. The number of rotatable bonds is 6. The summed E-state index contributed by atoms with van der Waals surface area (Å²) in [7, 11) is 1.56. The third kappa shape index (κ3) is 4.18. The lowest BCUT2D eigenvalue weighted by Gasteiger charge is -2.09. The molecule has 0 spiro atoms. The van der Waals surface area contributed by atoms with Crippen LogP contribution in [0.1, 0.15) is 16.2 Å². The third-order valence-corrected chi connectivity index (χ3v) is 6.21. The number of amides is 1. The monoisotopic (exact) mass is 506 g/mol. The fourth-order valence-corrected chi connectivity index (χ4v) is 4.36. The number of hydrogen-bond donors (Lipinski definition) is 5. The van der Waals surface area contributed by atoms with Crippen LogP contribution in [-0.4, -0.2) is 48.1 Å². The molecule has 6 rings (SSSR count). The molecule has 38 heavy (non-hydrogen) atoms. The molecule has 0 fully saturated rings.